The van der Waals surface area contributed by atoms with E-state index in [4.69, 9.17) is 0 Å². The van der Waals surface area contributed by atoms with Gasteiger partial charge < -0.3 is 10.4 Å². The second-order valence-electron chi connectivity index (χ2n) is 6.86. The molecule has 144 valence electrons. The Morgan fingerprint density at radius 2 is 1.96 bits per heavy atom. The number of halogens is 1. The molecule has 2 atom stereocenters. The van der Waals surface area contributed by atoms with Gasteiger partial charge in [0.05, 0.1) is 18.0 Å². The van der Waals surface area contributed by atoms with E-state index >= 15 is 0 Å². The third-order valence-corrected chi connectivity index (χ3v) is 4.77. The Bertz CT molecular complexity index is 806. The molecule has 8 heteroatoms. The Kier molecular flexibility index (Phi) is 5.85. The molecular formula is C19H23FN4O3. The molecule has 2 aromatic rings. The van der Waals surface area contributed by atoms with E-state index in [0.717, 1.165) is 12.1 Å². The molecule has 1 saturated heterocycles. The summed E-state index contributed by atoms with van der Waals surface area (Å²) in [6.07, 6.45) is 3.98. The first kappa shape index (κ1) is 19.0. The minimum absolute atomic E-state index is 0.248. The minimum atomic E-state index is -0.900. The van der Waals surface area contributed by atoms with Crippen LogP contribution in [0, 0.1) is 17.7 Å². The van der Waals surface area contributed by atoms with Gasteiger partial charge in [-0.1, -0.05) is 0 Å². The van der Waals surface area contributed by atoms with Gasteiger partial charge in [0, 0.05) is 43.6 Å². The van der Waals surface area contributed by atoms with Gasteiger partial charge in [0.15, 0.2) is 0 Å². The number of carboxylic acid groups (broad SMARTS) is 1. The summed E-state index contributed by atoms with van der Waals surface area (Å²) >= 11 is 0. The lowest BCUT2D eigenvalue weighted by Gasteiger charge is -2.35. The van der Waals surface area contributed by atoms with Crippen LogP contribution in [-0.2, 0) is 22.7 Å². The first-order valence-corrected chi connectivity index (χ1v) is 8.97. The number of carbonyl (C=O) groups is 2. The van der Waals surface area contributed by atoms with Gasteiger partial charge in [-0.05, 0) is 37.6 Å². The molecular weight excluding hydrogens is 351 g/mol. The van der Waals surface area contributed by atoms with E-state index in [9.17, 15) is 19.1 Å². The number of aryl methyl sites for hydroxylation is 1. The zero-order valence-corrected chi connectivity index (χ0v) is 15.1. The van der Waals surface area contributed by atoms with Gasteiger partial charge in [-0.3, -0.25) is 19.2 Å². The normalized spacial score (nSPS) is 20.4. The summed E-state index contributed by atoms with van der Waals surface area (Å²) in [6.45, 7) is 4.17. The molecule has 0 bridgehead atoms. The number of likely N-dealkylation sites (tertiary alicyclic amines) is 1. The van der Waals surface area contributed by atoms with Crippen molar-refractivity contribution in [3.05, 3.63) is 48.0 Å². The highest BCUT2D eigenvalue weighted by Crippen LogP contribution is 2.25. The lowest BCUT2D eigenvalue weighted by atomic mass is 9.88. The Hall–Kier alpha value is -2.74. The number of amides is 1. The van der Waals surface area contributed by atoms with Crippen molar-refractivity contribution in [3.63, 3.8) is 0 Å². The van der Waals surface area contributed by atoms with E-state index in [1.807, 2.05) is 22.7 Å². The lowest BCUT2D eigenvalue weighted by molar-refractivity contribution is -0.145. The summed E-state index contributed by atoms with van der Waals surface area (Å²) in [6, 6.07) is 5.52. The Morgan fingerprint density at radius 1 is 1.26 bits per heavy atom. The monoisotopic (exact) mass is 374 g/mol. The predicted molar refractivity (Wildman–Crippen MR) is 97.4 cm³/mol. The zero-order chi connectivity index (χ0) is 19.4. The van der Waals surface area contributed by atoms with E-state index in [0.29, 0.717) is 25.3 Å². The molecule has 1 aromatic carbocycles. The van der Waals surface area contributed by atoms with Crippen molar-refractivity contribution in [3.8, 4) is 0 Å². The molecule has 3 rings (SSSR count). The predicted octanol–water partition coefficient (Wildman–Crippen LogP) is 2.20. The first-order valence-electron chi connectivity index (χ1n) is 8.97. The van der Waals surface area contributed by atoms with Crippen molar-refractivity contribution in [2.24, 2.45) is 11.8 Å². The van der Waals surface area contributed by atoms with Gasteiger partial charge in [0.2, 0.25) is 5.91 Å². The molecule has 1 fully saturated rings. The molecule has 0 radical (unpaired) electrons. The fraction of sp³-hybridized carbons (Fsp3) is 0.421. The van der Waals surface area contributed by atoms with Crippen molar-refractivity contribution in [1.29, 1.82) is 0 Å². The summed E-state index contributed by atoms with van der Waals surface area (Å²) < 4.78 is 14.8. The van der Waals surface area contributed by atoms with E-state index in [1.165, 1.54) is 24.3 Å². The molecule has 2 heterocycles. The third-order valence-electron chi connectivity index (χ3n) is 4.77. The molecule has 2 N–H and O–H groups in total. The molecule has 0 saturated carbocycles. The fourth-order valence-corrected chi connectivity index (χ4v) is 3.39. The minimum Gasteiger partial charge on any atom is -0.481 e. The molecule has 7 nitrogen and oxygen atoms in total. The van der Waals surface area contributed by atoms with E-state index in [2.05, 4.69) is 10.4 Å². The number of benzene rings is 1. The van der Waals surface area contributed by atoms with Crippen molar-refractivity contribution in [2.75, 3.05) is 18.4 Å². The number of carboxylic acids is 1. The number of hydrogen-bond donors (Lipinski definition) is 2. The number of aliphatic carboxylic acids is 1. The Balaban J connectivity index is 1.68. The van der Waals surface area contributed by atoms with Crippen LogP contribution >= 0.6 is 0 Å². The van der Waals surface area contributed by atoms with Crippen LogP contribution in [0.4, 0.5) is 10.1 Å². The van der Waals surface area contributed by atoms with Crippen LogP contribution in [0.5, 0.6) is 0 Å². The first-order chi connectivity index (χ1) is 12.9. The second kappa shape index (κ2) is 8.30. The van der Waals surface area contributed by atoms with Gasteiger partial charge in [0.25, 0.3) is 0 Å². The number of carbonyl (C=O) groups excluding carboxylic acids is 1. The fourth-order valence-electron chi connectivity index (χ4n) is 3.39. The van der Waals surface area contributed by atoms with E-state index < -0.39 is 17.8 Å². The van der Waals surface area contributed by atoms with Crippen molar-refractivity contribution in [1.82, 2.24) is 14.7 Å². The second-order valence-corrected chi connectivity index (χ2v) is 6.86. The summed E-state index contributed by atoms with van der Waals surface area (Å²) in [7, 11) is 0. The number of rotatable bonds is 6. The van der Waals surface area contributed by atoms with Crippen LogP contribution < -0.4 is 5.32 Å². The number of piperidine rings is 1. The van der Waals surface area contributed by atoms with Gasteiger partial charge in [-0.25, -0.2) is 4.39 Å². The number of hydrogen-bond acceptors (Lipinski definition) is 4. The van der Waals surface area contributed by atoms with Crippen LogP contribution in [0.2, 0.25) is 0 Å². The average Bonchev–Trinajstić information content (AvgIpc) is 3.10. The smallest absolute Gasteiger partial charge is 0.307 e. The summed E-state index contributed by atoms with van der Waals surface area (Å²) in [5.74, 6) is -2.59. The van der Waals surface area contributed by atoms with Crippen molar-refractivity contribution < 1.29 is 19.1 Å². The van der Waals surface area contributed by atoms with Gasteiger partial charge >= 0.3 is 5.97 Å². The van der Waals surface area contributed by atoms with Crippen LogP contribution in [-0.4, -0.2) is 44.8 Å². The van der Waals surface area contributed by atoms with Crippen molar-refractivity contribution >= 4 is 17.6 Å². The number of nitrogens with one attached hydrogen (secondary N) is 1. The molecule has 1 aliphatic heterocycles. The van der Waals surface area contributed by atoms with E-state index in [1.54, 1.807) is 6.20 Å². The lowest BCUT2D eigenvalue weighted by Crippen LogP contribution is -2.46. The van der Waals surface area contributed by atoms with Crippen LogP contribution in [0.25, 0.3) is 0 Å². The third kappa shape index (κ3) is 4.91. The van der Waals surface area contributed by atoms with Crippen LogP contribution in [0.1, 0.15) is 18.9 Å². The van der Waals surface area contributed by atoms with Gasteiger partial charge in [0.1, 0.15) is 5.82 Å². The molecule has 0 unspecified atom stereocenters. The van der Waals surface area contributed by atoms with Gasteiger partial charge in [-0.2, -0.15) is 5.10 Å². The van der Waals surface area contributed by atoms with E-state index in [-0.39, 0.29) is 18.1 Å². The molecule has 1 aromatic heterocycles. The summed E-state index contributed by atoms with van der Waals surface area (Å²) in [5.41, 5.74) is 1.48. The molecule has 1 aliphatic rings. The molecule has 0 spiro atoms. The highest BCUT2D eigenvalue weighted by molar-refractivity contribution is 5.93. The maximum absolute atomic E-state index is 13.0. The number of nitrogens with zero attached hydrogens (tertiary/aromatic N) is 3. The quantitative estimate of drug-likeness (QED) is 0.809. The highest BCUT2D eigenvalue weighted by Gasteiger charge is 2.35. The largest absolute Gasteiger partial charge is 0.481 e. The molecule has 27 heavy (non-hydrogen) atoms. The number of aromatic nitrogens is 2. The SMILES string of the molecule is CCn1cc(CN2C[C@H](C(=O)O)C[C@H](C(=O)Nc3ccc(F)cc3)C2)cn1. The maximum atomic E-state index is 13.0. The Labute approximate surface area is 156 Å². The topological polar surface area (TPSA) is 87.5 Å². The number of anilines is 1. The standard InChI is InChI=1S/C19H23FN4O3/c1-2-24-10-13(8-21-24)9-23-11-14(7-15(12-23)19(26)27)18(25)22-17-5-3-16(20)4-6-17/h3-6,8,10,14-15H,2,7,9,11-12H2,1H3,(H,22,25)(H,26,27)/t14-,15+/m0/s1. The van der Waals surface area contributed by atoms with Gasteiger partial charge in [-0.15, -0.1) is 0 Å². The Morgan fingerprint density at radius 3 is 2.59 bits per heavy atom. The molecule has 1 amide bonds. The molecule has 0 aliphatic carbocycles. The average molecular weight is 374 g/mol. The maximum Gasteiger partial charge on any atom is 0.307 e. The van der Waals surface area contributed by atoms with Crippen LogP contribution in [0.3, 0.4) is 0 Å². The van der Waals surface area contributed by atoms with Crippen LogP contribution in [0.15, 0.2) is 36.7 Å². The van der Waals surface area contributed by atoms with Crippen molar-refractivity contribution in [2.45, 2.75) is 26.4 Å². The summed E-state index contributed by atoms with van der Waals surface area (Å²) in [4.78, 5) is 26.2. The zero-order valence-electron chi connectivity index (χ0n) is 15.1. The summed E-state index contributed by atoms with van der Waals surface area (Å²) in [5, 5.41) is 16.5. The highest BCUT2D eigenvalue weighted by atomic mass is 19.1.